The molecule has 1 N–H and O–H groups in total. The zero-order chi connectivity index (χ0) is 16.2. The number of hydrogen-bond donors (Lipinski definition) is 1. The second kappa shape index (κ2) is 6.84. The zero-order valence-electron chi connectivity index (χ0n) is 12.4. The highest BCUT2D eigenvalue weighted by Gasteiger charge is 2.31. The number of amides is 1. The third-order valence-electron chi connectivity index (χ3n) is 3.79. The number of cyclic esters (lactones) is 1. The minimum atomic E-state index is -0.785. The van der Waals surface area contributed by atoms with Gasteiger partial charge >= 0.3 is 5.97 Å². The average Bonchev–Trinajstić information content (AvgIpc) is 2.56. The lowest BCUT2D eigenvalue weighted by molar-refractivity contribution is -0.130. The Balaban J connectivity index is 1.58. The highest BCUT2D eigenvalue weighted by atomic mass is 35.5. The first-order valence-corrected chi connectivity index (χ1v) is 7.82. The monoisotopic (exact) mass is 329 g/mol. The molecule has 2 aromatic rings. The predicted molar refractivity (Wildman–Crippen MR) is 87.5 cm³/mol. The minimum absolute atomic E-state index is 0.269. The number of benzene rings is 2. The summed E-state index contributed by atoms with van der Waals surface area (Å²) in [6.45, 7) is 0.504. The van der Waals surface area contributed by atoms with Crippen LogP contribution in [-0.4, -0.2) is 24.5 Å². The van der Waals surface area contributed by atoms with E-state index in [1.807, 2.05) is 30.3 Å². The van der Waals surface area contributed by atoms with Gasteiger partial charge in [-0.05, 0) is 29.7 Å². The fraction of sp³-hybridized carbons (Fsp3) is 0.222. The Morgan fingerprint density at radius 2 is 2.00 bits per heavy atom. The molecular weight excluding hydrogens is 314 g/mol. The van der Waals surface area contributed by atoms with E-state index in [1.165, 1.54) is 0 Å². The van der Waals surface area contributed by atoms with Gasteiger partial charge in [0.1, 0.15) is 0 Å². The van der Waals surface area contributed by atoms with Crippen molar-refractivity contribution < 1.29 is 14.3 Å². The molecular formula is C18H16ClNO3. The second-order valence-corrected chi connectivity index (χ2v) is 5.86. The van der Waals surface area contributed by atoms with Crippen LogP contribution in [-0.2, 0) is 22.4 Å². The van der Waals surface area contributed by atoms with Gasteiger partial charge in [-0.15, -0.1) is 0 Å². The molecule has 0 radical (unpaired) electrons. The molecule has 1 amide bonds. The van der Waals surface area contributed by atoms with Crippen molar-refractivity contribution in [3.8, 4) is 0 Å². The molecule has 3 rings (SSSR count). The van der Waals surface area contributed by atoms with Gasteiger partial charge < -0.3 is 10.1 Å². The van der Waals surface area contributed by atoms with Crippen LogP contribution in [0.3, 0.4) is 0 Å². The highest BCUT2D eigenvalue weighted by Crippen LogP contribution is 2.24. The van der Waals surface area contributed by atoms with E-state index in [0.717, 1.165) is 17.5 Å². The molecule has 1 unspecified atom stereocenters. The quantitative estimate of drug-likeness (QED) is 0.878. The largest absolute Gasteiger partial charge is 0.448 e. The van der Waals surface area contributed by atoms with Crippen LogP contribution < -0.4 is 5.32 Å². The number of rotatable bonds is 4. The summed E-state index contributed by atoms with van der Waals surface area (Å²) in [4.78, 5) is 24.2. The van der Waals surface area contributed by atoms with Gasteiger partial charge in [-0.3, -0.25) is 4.79 Å². The van der Waals surface area contributed by atoms with E-state index in [0.29, 0.717) is 23.6 Å². The zero-order valence-corrected chi connectivity index (χ0v) is 13.2. The molecule has 0 spiro atoms. The van der Waals surface area contributed by atoms with E-state index in [2.05, 4.69) is 5.32 Å². The molecule has 0 saturated carbocycles. The van der Waals surface area contributed by atoms with Gasteiger partial charge in [-0.25, -0.2) is 4.79 Å². The minimum Gasteiger partial charge on any atom is -0.448 e. The lowest BCUT2D eigenvalue weighted by Gasteiger charge is -2.24. The summed E-state index contributed by atoms with van der Waals surface area (Å²) in [6.07, 6.45) is 0.321. The van der Waals surface area contributed by atoms with Gasteiger partial charge in [0, 0.05) is 18.0 Å². The summed E-state index contributed by atoms with van der Waals surface area (Å²) in [5.74, 6) is -0.771. The second-order valence-electron chi connectivity index (χ2n) is 5.43. The molecule has 2 aromatic carbocycles. The summed E-state index contributed by atoms with van der Waals surface area (Å²) in [6, 6.07) is 14.9. The van der Waals surface area contributed by atoms with Crippen LogP contribution in [0.25, 0.3) is 0 Å². The number of nitrogens with one attached hydrogen (secondary N) is 1. The molecule has 1 atom stereocenters. The van der Waals surface area contributed by atoms with Gasteiger partial charge in [0.05, 0.1) is 5.56 Å². The predicted octanol–water partition coefficient (Wildman–Crippen LogP) is 2.78. The van der Waals surface area contributed by atoms with Crippen LogP contribution in [0.1, 0.15) is 21.5 Å². The summed E-state index contributed by atoms with van der Waals surface area (Å²) in [5.41, 5.74) is 2.37. The number of fused-ring (bicyclic) bond motifs is 1. The van der Waals surface area contributed by atoms with Crippen molar-refractivity contribution in [1.29, 1.82) is 0 Å². The molecule has 0 aromatic heterocycles. The third kappa shape index (κ3) is 3.71. The smallest absolute Gasteiger partial charge is 0.339 e. The third-order valence-corrected chi connectivity index (χ3v) is 4.03. The number of carbonyl (C=O) groups is 2. The maximum absolute atomic E-state index is 12.2. The topological polar surface area (TPSA) is 55.4 Å². The number of ether oxygens (including phenoxy) is 1. The van der Waals surface area contributed by atoms with E-state index < -0.39 is 12.1 Å². The Bertz CT molecular complexity index is 730. The number of halogens is 1. The molecule has 1 heterocycles. The molecule has 0 saturated heterocycles. The van der Waals surface area contributed by atoms with Crippen LogP contribution in [0.2, 0.25) is 5.02 Å². The molecule has 5 heteroatoms. The van der Waals surface area contributed by atoms with E-state index in [-0.39, 0.29) is 5.91 Å². The van der Waals surface area contributed by atoms with Gasteiger partial charge in [0.15, 0.2) is 6.10 Å². The van der Waals surface area contributed by atoms with Crippen LogP contribution in [0.5, 0.6) is 0 Å². The van der Waals surface area contributed by atoms with Crippen molar-refractivity contribution in [3.05, 3.63) is 70.2 Å². The number of esters is 1. The fourth-order valence-electron chi connectivity index (χ4n) is 2.59. The standard InChI is InChI=1S/C18H16ClNO3/c19-14-7-6-13-10-16(23-18(22)15(13)11-14)17(21)20-9-8-12-4-2-1-3-5-12/h1-7,11,16H,8-10H2,(H,20,21). The maximum Gasteiger partial charge on any atom is 0.339 e. The van der Waals surface area contributed by atoms with Crippen molar-refractivity contribution in [2.24, 2.45) is 0 Å². The van der Waals surface area contributed by atoms with Crippen molar-refractivity contribution in [1.82, 2.24) is 5.32 Å². The summed E-state index contributed by atoms with van der Waals surface area (Å²) in [5, 5.41) is 3.30. The summed E-state index contributed by atoms with van der Waals surface area (Å²) in [7, 11) is 0. The van der Waals surface area contributed by atoms with Gasteiger partial charge in [-0.1, -0.05) is 48.0 Å². The Labute approximate surface area is 139 Å². The first kappa shape index (κ1) is 15.6. The Morgan fingerprint density at radius 1 is 1.22 bits per heavy atom. The first-order valence-electron chi connectivity index (χ1n) is 7.44. The Morgan fingerprint density at radius 3 is 2.78 bits per heavy atom. The molecule has 0 fully saturated rings. The van der Waals surface area contributed by atoms with Crippen molar-refractivity contribution >= 4 is 23.5 Å². The van der Waals surface area contributed by atoms with Crippen LogP contribution in [0.15, 0.2) is 48.5 Å². The number of carbonyl (C=O) groups excluding carboxylic acids is 2. The molecule has 118 valence electrons. The van der Waals surface area contributed by atoms with Crippen LogP contribution in [0, 0.1) is 0 Å². The maximum atomic E-state index is 12.2. The fourth-order valence-corrected chi connectivity index (χ4v) is 2.76. The molecule has 23 heavy (non-hydrogen) atoms. The highest BCUT2D eigenvalue weighted by molar-refractivity contribution is 6.31. The van der Waals surface area contributed by atoms with Crippen molar-refractivity contribution in [2.75, 3.05) is 6.54 Å². The summed E-state index contributed by atoms with van der Waals surface area (Å²) < 4.78 is 5.22. The summed E-state index contributed by atoms with van der Waals surface area (Å²) >= 11 is 5.88. The van der Waals surface area contributed by atoms with Crippen molar-refractivity contribution in [2.45, 2.75) is 18.9 Å². The number of hydrogen-bond acceptors (Lipinski definition) is 3. The molecule has 1 aliphatic rings. The van der Waals surface area contributed by atoms with E-state index >= 15 is 0 Å². The SMILES string of the molecule is O=C1OC(C(=O)NCCc2ccccc2)Cc2ccc(Cl)cc21. The Kier molecular flexibility index (Phi) is 4.63. The van der Waals surface area contributed by atoms with Crippen LogP contribution >= 0.6 is 11.6 Å². The van der Waals surface area contributed by atoms with E-state index in [9.17, 15) is 9.59 Å². The molecule has 1 aliphatic heterocycles. The average molecular weight is 330 g/mol. The molecule has 4 nitrogen and oxygen atoms in total. The van der Waals surface area contributed by atoms with E-state index in [1.54, 1.807) is 18.2 Å². The lowest BCUT2D eigenvalue weighted by atomic mass is 9.98. The van der Waals surface area contributed by atoms with E-state index in [4.69, 9.17) is 16.3 Å². The van der Waals surface area contributed by atoms with Gasteiger partial charge in [-0.2, -0.15) is 0 Å². The van der Waals surface area contributed by atoms with Crippen molar-refractivity contribution in [3.63, 3.8) is 0 Å². The van der Waals surface area contributed by atoms with Gasteiger partial charge in [0.2, 0.25) is 0 Å². The van der Waals surface area contributed by atoms with Crippen LogP contribution in [0.4, 0.5) is 0 Å². The molecule has 0 bridgehead atoms. The normalized spacial score (nSPS) is 16.4. The molecule has 0 aliphatic carbocycles. The van der Waals surface area contributed by atoms with Gasteiger partial charge in [0.25, 0.3) is 5.91 Å². The lowest BCUT2D eigenvalue weighted by Crippen LogP contribution is -2.42. The Hall–Kier alpha value is -2.33. The first-order chi connectivity index (χ1) is 11.1.